The van der Waals surface area contributed by atoms with Crippen molar-refractivity contribution in [2.45, 2.75) is 31.7 Å². The van der Waals surface area contributed by atoms with E-state index in [2.05, 4.69) is 0 Å². The molecule has 2 fully saturated rings. The third-order valence-corrected chi connectivity index (χ3v) is 2.74. The molecular formula is C7H12N. The van der Waals surface area contributed by atoms with Crippen LogP contribution in [-0.2, 0) is 0 Å². The fourth-order valence-electron chi connectivity index (χ4n) is 2.24. The summed E-state index contributed by atoms with van der Waals surface area (Å²) in [4.78, 5) is 0. The van der Waals surface area contributed by atoms with Crippen molar-refractivity contribution in [2.75, 3.05) is 0 Å². The maximum Gasteiger partial charge on any atom is 0.0244 e. The van der Waals surface area contributed by atoms with Gasteiger partial charge in [0.15, 0.2) is 0 Å². The third-order valence-electron chi connectivity index (χ3n) is 2.74. The highest BCUT2D eigenvalue weighted by Gasteiger charge is 2.37. The Kier molecular flexibility index (Phi) is 0.884. The molecule has 1 N–H and O–H groups in total. The van der Waals surface area contributed by atoms with Gasteiger partial charge in [-0.15, -0.1) is 0 Å². The highest BCUT2D eigenvalue weighted by molar-refractivity contribution is 4.91. The van der Waals surface area contributed by atoms with Gasteiger partial charge in [-0.25, -0.2) is 0 Å². The van der Waals surface area contributed by atoms with Crippen molar-refractivity contribution in [1.82, 2.24) is 5.73 Å². The Bertz CT molecular complexity index is 98.6. The predicted molar refractivity (Wildman–Crippen MR) is 32.3 cm³/mol. The quantitative estimate of drug-likeness (QED) is 0.451. The second-order valence-electron chi connectivity index (χ2n) is 3.28. The van der Waals surface area contributed by atoms with Crippen molar-refractivity contribution in [3.05, 3.63) is 0 Å². The van der Waals surface area contributed by atoms with Crippen molar-refractivity contribution < 1.29 is 0 Å². The van der Waals surface area contributed by atoms with E-state index in [1.165, 1.54) is 25.7 Å². The van der Waals surface area contributed by atoms with Gasteiger partial charge in [0, 0.05) is 6.04 Å². The molecule has 1 unspecified atom stereocenters. The van der Waals surface area contributed by atoms with Crippen LogP contribution in [0.1, 0.15) is 25.7 Å². The number of nitrogens with one attached hydrogen (secondary N) is 1. The molecule has 2 aliphatic carbocycles. The van der Waals surface area contributed by atoms with Gasteiger partial charge in [-0.2, -0.15) is 0 Å². The van der Waals surface area contributed by atoms with Gasteiger partial charge in [0.05, 0.1) is 0 Å². The van der Waals surface area contributed by atoms with E-state index in [-0.39, 0.29) is 0 Å². The van der Waals surface area contributed by atoms with Crippen LogP contribution in [0.25, 0.3) is 0 Å². The number of fused-ring (bicyclic) bond motifs is 2. The zero-order valence-electron chi connectivity index (χ0n) is 5.06. The minimum absolute atomic E-state index is 0.328. The number of rotatable bonds is 0. The molecule has 0 aromatic carbocycles. The highest BCUT2D eigenvalue weighted by Crippen LogP contribution is 2.43. The Balaban J connectivity index is 2.11. The standard InChI is InChI=1S/C7H12N/c8-7-4-5-1-2-6(7)3-5/h5-8H,1-4H2/t5?,6-,7-/m1/s1. The van der Waals surface area contributed by atoms with Crippen LogP contribution in [0.3, 0.4) is 0 Å². The van der Waals surface area contributed by atoms with Gasteiger partial charge < -0.3 is 0 Å². The van der Waals surface area contributed by atoms with Crippen LogP contribution in [0.2, 0.25) is 0 Å². The molecule has 1 radical (unpaired) electrons. The van der Waals surface area contributed by atoms with Crippen LogP contribution >= 0.6 is 0 Å². The molecule has 8 heavy (non-hydrogen) atoms. The van der Waals surface area contributed by atoms with Crippen molar-refractivity contribution in [3.8, 4) is 0 Å². The molecule has 3 atom stereocenters. The normalized spacial score (nSPS) is 52.9. The van der Waals surface area contributed by atoms with Crippen LogP contribution in [-0.4, -0.2) is 6.04 Å². The second-order valence-corrected chi connectivity index (χ2v) is 3.28. The molecule has 0 amide bonds. The molecule has 1 nitrogen and oxygen atoms in total. The molecule has 2 rings (SSSR count). The van der Waals surface area contributed by atoms with Gasteiger partial charge in [-0.05, 0) is 31.1 Å². The maximum atomic E-state index is 7.52. The number of hydrogen-bond donors (Lipinski definition) is 0. The molecule has 0 aliphatic heterocycles. The lowest BCUT2D eigenvalue weighted by Crippen LogP contribution is -2.16. The van der Waals surface area contributed by atoms with Crippen LogP contribution in [0.15, 0.2) is 0 Å². The van der Waals surface area contributed by atoms with Gasteiger partial charge in [0.25, 0.3) is 0 Å². The van der Waals surface area contributed by atoms with Crippen molar-refractivity contribution in [3.63, 3.8) is 0 Å². The summed E-state index contributed by atoms with van der Waals surface area (Å²) in [6.07, 6.45) is 5.39. The number of hydrogen-bond acceptors (Lipinski definition) is 0. The van der Waals surface area contributed by atoms with E-state index in [4.69, 9.17) is 5.73 Å². The van der Waals surface area contributed by atoms with E-state index < -0.39 is 0 Å². The average molecular weight is 110 g/mol. The first kappa shape index (κ1) is 4.80. The van der Waals surface area contributed by atoms with Crippen molar-refractivity contribution in [2.24, 2.45) is 11.8 Å². The van der Waals surface area contributed by atoms with Crippen molar-refractivity contribution in [1.29, 1.82) is 0 Å². The Hall–Kier alpha value is -0.0400. The first-order chi connectivity index (χ1) is 3.86. The van der Waals surface area contributed by atoms with Gasteiger partial charge in [-0.1, -0.05) is 6.42 Å². The monoisotopic (exact) mass is 110 g/mol. The molecule has 0 spiro atoms. The Morgan fingerprint density at radius 1 is 1.12 bits per heavy atom. The predicted octanol–water partition coefficient (Wildman–Crippen LogP) is 1.46. The molecule has 45 valence electrons. The Morgan fingerprint density at radius 2 is 2.00 bits per heavy atom. The summed E-state index contributed by atoms with van der Waals surface area (Å²) in [5.41, 5.74) is 7.52. The van der Waals surface area contributed by atoms with Crippen LogP contribution in [0.5, 0.6) is 0 Å². The van der Waals surface area contributed by atoms with Gasteiger partial charge in [0.1, 0.15) is 0 Å². The first-order valence-corrected chi connectivity index (χ1v) is 3.57. The van der Waals surface area contributed by atoms with Crippen LogP contribution < -0.4 is 5.73 Å². The topological polar surface area (TPSA) is 23.8 Å². The minimum Gasteiger partial charge on any atom is -0.254 e. The van der Waals surface area contributed by atoms with E-state index in [1.54, 1.807) is 0 Å². The second kappa shape index (κ2) is 1.47. The molecule has 0 aromatic rings. The van der Waals surface area contributed by atoms with E-state index in [0.29, 0.717) is 6.04 Å². The summed E-state index contributed by atoms with van der Waals surface area (Å²) in [7, 11) is 0. The Labute approximate surface area is 50.3 Å². The largest absolute Gasteiger partial charge is 0.254 e. The van der Waals surface area contributed by atoms with E-state index in [9.17, 15) is 0 Å². The molecule has 1 heteroatoms. The van der Waals surface area contributed by atoms with Gasteiger partial charge in [-0.3, -0.25) is 5.73 Å². The lowest BCUT2D eigenvalue weighted by atomic mass is 9.96. The zero-order chi connectivity index (χ0) is 5.56. The summed E-state index contributed by atoms with van der Waals surface area (Å²) in [6.45, 7) is 0. The smallest absolute Gasteiger partial charge is 0.0244 e. The third kappa shape index (κ3) is 0.510. The molecule has 0 saturated heterocycles. The molecule has 2 saturated carbocycles. The van der Waals surface area contributed by atoms with Gasteiger partial charge in [0.2, 0.25) is 0 Å². The van der Waals surface area contributed by atoms with Crippen molar-refractivity contribution >= 4 is 0 Å². The summed E-state index contributed by atoms with van der Waals surface area (Å²) < 4.78 is 0. The molecule has 2 bridgehead atoms. The molecule has 0 heterocycles. The molecule has 0 aromatic heterocycles. The van der Waals surface area contributed by atoms with E-state index in [1.807, 2.05) is 0 Å². The minimum atomic E-state index is 0.328. The fraction of sp³-hybridized carbons (Fsp3) is 1.00. The lowest BCUT2D eigenvalue weighted by molar-refractivity contribution is 0.409. The van der Waals surface area contributed by atoms with Crippen LogP contribution in [0.4, 0.5) is 0 Å². The first-order valence-electron chi connectivity index (χ1n) is 3.57. The van der Waals surface area contributed by atoms with Gasteiger partial charge >= 0.3 is 0 Å². The fourth-order valence-corrected chi connectivity index (χ4v) is 2.24. The summed E-state index contributed by atoms with van der Waals surface area (Å²) in [5.74, 6) is 1.77. The molecule has 2 aliphatic rings. The SMILES string of the molecule is [NH][C@@H]1CC2CC[C@@H]1C2. The lowest BCUT2D eigenvalue weighted by Gasteiger charge is -2.14. The zero-order valence-corrected chi connectivity index (χ0v) is 5.06. The maximum absolute atomic E-state index is 7.52. The van der Waals surface area contributed by atoms with Crippen LogP contribution in [0, 0.1) is 11.8 Å². The van der Waals surface area contributed by atoms with E-state index in [0.717, 1.165) is 11.8 Å². The molecular weight excluding hydrogens is 98.1 g/mol. The summed E-state index contributed by atoms with van der Waals surface area (Å²) in [6, 6.07) is 0.328. The van der Waals surface area contributed by atoms with E-state index >= 15 is 0 Å². The summed E-state index contributed by atoms with van der Waals surface area (Å²) >= 11 is 0. The Morgan fingerprint density at radius 3 is 2.25 bits per heavy atom. The highest BCUT2D eigenvalue weighted by atomic mass is 14.7. The average Bonchev–Trinajstić information content (AvgIpc) is 2.23. The summed E-state index contributed by atoms with van der Waals surface area (Å²) in [5, 5.41) is 0.